The number of aliphatic carboxylic acids is 1. The second-order valence-electron chi connectivity index (χ2n) is 3.07. The minimum Gasteiger partial charge on any atom is -0.481 e. The van der Waals surface area contributed by atoms with Gasteiger partial charge in [-0.2, -0.15) is 0 Å². The van der Waals surface area contributed by atoms with Gasteiger partial charge in [0.1, 0.15) is 0 Å². The molecule has 0 aliphatic carbocycles. The molecule has 0 unspecified atom stereocenters. The maximum Gasteiger partial charge on any atom is 0.328 e. The lowest BCUT2D eigenvalue weighted by molar-refractivity contribution is -0.135. The van der Waals surface area contributed by atoms with E-state index in [1.165, 1.54) is 7.05 Å². The van der Waals surface area contributed by atoms with Crippen molar-refractivity contribution in [1.82, 2.24) is 9.55 Å². The lowest BCUT2D eigenvalue weighted by atomic mass is 10.1. The molecular formula is C8H9N3O4S. The zero-order valence-electron chi connectivity index (χ0n) is 8.27. The van der Waals surface area contributed by atoms with Gasteiger partial charge in [0.15, 0.2) is 0 Å². The van der Waals surface area contributed by atoms with Gasteiger partial charge in [0.2, 0.25) is 0 Å². The van der Waals surface area contributed by atoms with Crippen LogP contribution in [0.25, 0.3) is 0 Å². The first kappa shape index (κ1) is 12.2. The number of thiol groups is 1. The predicted molar refractivity (Wildman–Crippen MR) is 58.6 cm³/mol. The molecule has 8 heteroatoms. The number of rotatable bonds is 3. The molecule has 0 bridgehead atoms. The van der Waals surface area contributed by atoms with Gasteiger partial charge in [-0.15, -0.1) is 12.6 Å². The molecule has 1 heterocycles. The molecule has 0 saturated heterocycles. The number of carboxylic acids is 1. The van der Waals surface area contributed by atoms with Crippen molar-refractivity contribution in [2.75, 3.05) is 0 Å². The number of nitrogens with one attached hydrogen (secondary N) is 2. The third-order valence-corrected chi connectivity index (χ3v) is 2.25. The van der Waals surface area contributed by atoms with E-state index in [0.29, 0.717) is 0 Å². The lowest BCUT2D eigenvalue weighted by Gasteiger charge is -2.05. The largest absolute Gasteiger partial charge is 0.481 e. The van der Waals surface area contributed by atoms with Crippen molar-refractivity contribution >= 4 is 24.3 Å². The summed E-state index contributed by atoms with van der Waals surface area (Å²) in [7, 11) is 1.23. The summed E-state index contributed by atoms with van der Waals surface area (Å²) >= 11 is 3.84. The van der Waals surface area contributed by atoms with Crippen LogP contribution in [0.2, 0.25) is 0 Å². The molecule has 1 aromatic rings. The molecule has 0 amide bonds. The average molecular weight is 243 g/mol. The fraction of sp³-hybridized carbons (Fsp3) is 0.250. The van der Waals surface area contributed by atoms with E-state index < -0.39 is 29.4 Å². The van der Waals surface area contributed by atoms with Crippen LogP contribution in [0.1, 0.15) is 12.0 Å². The van der Waals surface area contributed by atoms with Crippen LogP contribution in [0.15, 0.2) is 14.6 Å². The van der Waals surface area contributed by atoms with Crippen LogP contribution in [-0.2, 0) is 11.8 Å². The van der Waals surface area contributed by atoms with Crippen molar-refractivity contribution < 1.29 is 9.90 Å². The highest BCUT2D eigenvalue weighted by Crippen LogP contribution is 2.06. The Labute approximate surface area is 94.7 Å². The average Bonchev–Trinajstić information content (AvgIpc) is 2.13. The van der Waals surface area contributed by atoms with Gasteiger partial charge in [-0.05, 0) is 0 Å². The third kappa shape index (κ3) is 2.22. The summed E-state index contributed by atoms with van der Waals surface area (Å²) in [6.45, 7) is 0. The Balaban J connectivity index is 3.41. The molecule has 86 valence electrons. The summed E-state index contributed by atoms with van der Waals surface area (Å²) in [5, 5.41) is 15.9. The van der Waals surface area contributed by atoms with E-state index >= 15 is 0 Å². The van der Waals surface area contributed by atoms with Crippen LogP contribution in [0.3, 0.4) is 0 Å². The van der Waals surface area contributed by atoms with Crippen molar-refractivity contribution in [3.63, 3.8) is 0 Å². The van der Waals surface area contributed by atoms with Gasteiger partial charge in [-0.25, -0.2) is 4.79 Å². The second kappa shape index (κ2) is 4.35. The van der Waals surface area contributed by atoms with Gasteiger partial charge in [-0.3, -0.25) is 14.2 Å². The highest BCUT2D eigenvalue weighted by atomic mass is 32.1. The molecule has 0 aliphatic rings. The standard InChI is InChI=1S/C8H9N3O4S/c1-11-7(14)5(3(9)2-4(12)13)6(16)10-8(11)15/h9,16H,2H2,1H3,(H,10,15)(H,12,13). The van der Waals surface area contributed by atoms with Crippen molar-refractivity contribution in [1.29, 1.82) is 5.41 Å². The van der Waals surface area contributed by atoms with Crippen molar-refractivity contribution in [3.05, 3.63) is 26.4 Å². The Morgan fingerprint density at radius 1 is 1.56 bits per heavy atom. The van der Waals surface area contributed by atoms with E-state index in [0.717, 1.165) is 4.57 Å². The number of carbonyl (C=O) groups is 1. The zero-order chi connectivity index (χ0) is 12.5. The molecule has 0 atom stereocenters. The first-order valence-corrected chi connectivity index (χ1v) is 4.61. The zero-order valence-corrected chi connectivity index (χ0v) is 9.17. The van der Waals surface area contributed by atoms with Crippen molar-refractivity contribution in [2.45, 2.75) is 11.4 Å². The summed E-state index contributed by atoms with van der Waals surface area (Å²) < 4.78 is 0.755. The van der Waals surface area contributed by atoms with Crippen molar-refractivity contribution in [3.8, 4) is 0 Å². The Morgan fingerprint density at radius 3 is 2.62 bits per heavy atom. The maximum absolute atomic E-state index is 11.6. The van der Waals surface area contributed by atoms with Crippen LogP contribution in [-0.4, -0.2) is 26.3 Å². The number of aromatic amines is 1. The predicted octanol–water partition coefficient (Wildman–Crippen LogP) is -0.795. The third-order valence-electron chi connectivity index (χ3n) is 1.92. The monoisotopic (exact) mass is 243 g/mol. The molecule has 0 saturated carbocycles. The number of nitrogens with zero attached hydrogens (tertiary/aromatic N) is 1. The number of hydrogen-bond donors (Lipinski definition) is 4. The summed E-state index contributed by atoms with van der Waals surface area (Å²) in [5.74, 6) is -1.23. The molecule has 0 spiro atoms. The SMILES string of the molecule is Cn1c(=O)[nH]c(S)c(C(=N)CC(=O)O)c1=O. The maximum atomic E-state index is 11.6. The van der Waals surface area contributed by atoms with Crippen LogP contribution in [0.5, 0.6) is 0 Å². The molecule has 3 N–H and O–H groups in total. The van der Waals surface area contributed by atoms with Crippen molar-refractivity contribution in [2.24, 2.45) is 7.05 Å². The Kier molecular flexibility index (Phi) is 3.33. The first-order valence-electron chi connectivity index (χ1n) is 4.16. The van der Waals surface area contributed by atoms with E-state index in [4.69, 9.17) is 10.5 Å². The topological polar surface area (TPSA) is 116 Å². The number of carboxylic acid groups (broad SMARTS) is 1. The minimum absolute atomic E-state index is 0.0978. The van der Waals surface area contributed by atoms with Gasteiger partial charge < -0.3 is 15.5 Å². The van der Waals surface area contributed by atoms with Crippen LogP contribution in [0.4, 0.5) is 0 Å². The summed E-state index contributed by atoms with van der Waals surface area (Å²) in [6.07, 6.45) is -0.602. The Hall–Kier alpha value is -1.83. The molecule has 0 aliphatic heterocycles. The first-order chi connectivity index (χ1) is 7.34. The van der Waals surface area contributed by atoms with Gasteiger partial charge >= 0.3 is 11.7 Å². The number of aromatic nitrogens is 2. The van der Waals surface area contributed by atoms with Gasteiger partial charge in [0.05, 0.1) is 22.7 Å². The highest BCUT2D eigenvalue weighted by Gasteiger charge is 2.16. The van der Waals surface area contributed by atoms with Gasteiger partial charge in [-0.1, -0.05) is 0 Å². The summed E-state index contributed by atoms with van der Waals surface area (Å²) in [4.78, 5) is 35.4. The number of H-pyrrole nitrogens is 1. The van der Waals surface area contributed by atoms with E-state index in [1.54, 1.807) is 0 Å². The molecule has 16 heavy (non-hydrogen) atoms. The Bertz CT molecular complexity index is 572. The van der Waals surface area contributed by atoms with E-state index in [1.807, 2.05) is 0 Å². The quantitative estimate of drug-likeness (QED) is 0.316. The molecule has 0 aromatic carbocycles. The minimum atomic E-state index is -1.23. The summed E-state index contributed by atoms with van der Waals surface area (Å²) in [6, 6.07) is 0. The van der Waals surface area contributed by atoms with Crippen LogP contribution in [0, 0.1) is 5.41 Å². The molecule has 0 radical (unpaired) electrons. The lowest BCUT2D eigenvalue weighted by Crippen LogP contribution is -2.37. The fourth-order valence-electron chi connectivity index (χ4n) is 1.12. The fourth-order valence-corrected chi connectivity index (χ4v) is 1.45. The van der Waals surface area contributed by atoms with E-state index in [2.05, 4.69) is 17.6 Å². The number of hydrogen-bond acceptors (Lipinski definition) is 5. The molecular weight excluding hydrogens is 234 g/mol. The van der Waals surface area contributed by atoms with E-state index in [-0.39, 0.29) is 10.6 Å². The summed E-state index contributed by atoms with van der Waals surface area (Å²) in [5.41, 5.74) is -2.00. The Morgan fingerprint density at radius 2 is 2.12 bits per heavy atom. The van der Waals surface area contributed by atoms with E-state index in [9.17, 15) is 14.4 Å². The van der Waals surface area contributed by atoms with Crippen LogP contribution < -0.4 is 11.2 Å². The molecule has 1 aromatic heterocycles. The normalized spacial score (nSPS) is 10.1. The van der Waals surface area contributed by atoms with Crippen LogP contribution >= 0.6 is 12.6 Å². The second-order valence-corrected chi connectivity index (χ2v) is 3.51. The van der Waals surface area contributed by atoms with Gasteiger partial charge in [0, 0.05) is 7.05 Å². The molecule has 1 rings (SSSR count). The van der Waals surface area contributed by atoms with Gasteiger partial charge in [0.25, 0.3) is 5.56 Å². The molecule has 0 fully saturated rings. The smallest absolute Gasteiger partial charge is 0.328 e. The molecule has 7 nitrogen and oxygen atoms in total. The highest BCUT2D eigenvalue weighted by molar-refractivity contribution is 7.80.